The summed E-state index contributed by atoms with van der Waals surface area (Å²) in [5.41, 5.74) is 2.87. The van der Waals surface area contributed by atoms with E-state index in [0.29, 0.717) is 16.9 Å². The van der Waals surface area contributed by atoms with Gasteiger partial charge in [0.15, 0.2) is 0 Å². The van der Waals surface area contributed by atoms with E-state index in [1.54, 1.807) is 31.4 Å². The van der Waals surface area contributed by atoms with E-state index in [-0.39, 0.29) is 0 Å². The highest BCUT2D eigenvalue weighted by molar-refractivity contribution is 5.79. The predicted molar refractivity (Wildman–Crippen MR) is 68.5 cm³/mol. The van der Waals surface area contributed by atoms with Crippen LogP contribution in [0.15, 0.2) is 42.5 Å². The normalized spacial score (nSPS) is 9.56. The molecule has 0 N–H and O–H groups in total. The Morgan fingerprint density at radius 2 is 2.00 bits per heavy atom. The molecule has 3 heteroatoms. The third-order valence-corrected chi connectivity index (χ3v) is 2.63. The van der Waals surface area contributed by atoms with Crippen molar-refractivity contribution in [3.05, 3.63) is 53.6 Å². The van der Waals surface area contributed by atoms with E-state index in [1.165, 1.54) is 0 Å². The van der Waals surface area contributed by atoms with Gasteiger partial charge in [-0.25, -0.2) is 0 Å². The van der Waals surface area contributed by atoms with Crippen molar-refractivity contribution in [3.8, 4) is 22.9 Å². The molecule has 0 heterocycles. The maximum Gasteiger partial charge on any atom is 0.150 e. The van der Waals surface area contributed by atoms with Crippen LogP contribution in [-0.4, -0.2) is 13.4 Å². The summed E-state index contributed by atoms with van der Waals surface area (Å²) >= 11 is 0. The summed E-state index contributed by atoms with van der Waals surface area (Å²) in [7, 11) is 1.56. The summed E-state index contributed by atoms with van der Waals surface area (Å²) in [5.74, 6) is 0.626. The van der Waals surface area contributed by atoms with Crippen LogP contribution in [0.4, 0.5) is 0 Å². The number of hydrogen-bond donors (Lipinski definition) is 0. The standard InChI is InChI=1S/C15H11NO2/c1-18-15-7-12(9-16)6-14(8-15)13-4-2-3-11(5-13)10-17/h2-8,10H,1H3. The van der Waals surface area contributed by atoms with Gasteiger partial charge in [0, 0.05) is 5.56 Å². The number of rotatable bonds is 3. The molecule has 0 atom stereocenters. The van der Waals surface area contributed by atoms with Crippen LogP contribution in [0.25, 0.3) is 11.1 Å². The summed E-state index contributed by atoms with van der Waals surface area (Å²) in [6.45, 7) is 0. The molecule has 2 rings (SSSR count). The molecular weight excluding hydrogens is 226 g/mol. The Balaban J connectivity index is 2.55. The van der Waals surface area contributed by atoms with Gasteiger partial charge in [0.05, 0.1) is 18.7 Å². The van der Waals surface area contributed by atoms with Gasteiger partial charge in [0.1, 0.15) is 12.0 Å². The molecular formula is C15H11NO2. The topological polar surface area (TPSA) is 50.1 Å². The Bertz CT molecular complexity index is 627. The molecule has 3 nitrogen and oxygen atoms in total. The van der Waals surface area contributed by atoms with Crippen molar-refractivity contribution >= 4 is 6.29 Å². The first-order valence-corrected chi connectivity index (χ1v) is 5.41. The smallest absolute Gasteiger partial charge is 0.150 e. The maximum atomic E-state index is 10.8. The molecule has 0 saturated carbocycles. The van der Waals surface area contributed by atoms with Gasteiger partial charge in [-0.3, -0.25) is 4.79 Å². The number of hydrogen-bond acceptors (Lipinski definition) is 3. The summed E-state index contributed by atoms with van der Waals surface area (Å²) < 4.78 is 5.15. The first-order valence-electron chi connectivity index (χ1n) is 5.41. The first kappa shape index (κ1) is 11.9. The van der Waals surface area contributed by atoms with Crippen molar-refractivity contribution in [1.29, 1.82) is 5.26 Å². The second kappa shape index (κ2) is 5.15. The van der Waals surface area contributed by atoms with Crippen LogP contribution >= 0.6 is 0 Å². The van der Waals surface area contributed by atoms with Gasteiger partial charge in [-0.2, -0.15) is 5.26 Å². The van der Waals surface area contributed by atoms with Gasteiger partial charge in [-0.05, 0) is 35.4 Å². The van der Waals surface area contributed by atoms with Gasteiger partial charge in [0.2, 0.25) is 0 Å². The van der Waals surface area contributed by atoms with Crippen LogP contribution in [0.2, 0.25) is 0 Å². The third-order valence-electron chi connectivity index (χ3n) is 2.63. The minimum atomic E-state index is 0.529. The van der Waals surface area contributed by atoms with Crippen molar-refractivity contribution in [3.63, 3.8) is 0 Å². The lowest BCUT2D eigenvalue weighted by Gasteiger charge is -2.06. The average Bonchev–Trinajstić information content (AvgIpc) is 2.46. The zero-order valence-electron chi connectivity index (χ0n) is 9.88. The van der Waals surface area contributed by atoms with Gasteiger partial charge in [0.25, 0.3) is 0 Å². The quantitative estimate of drug-likeness (QED) is 0.771. The summed E-state index contributed by atoms with van der Waals surface area (Å²) in [4.78, 5) is 10.8. The van der Waals surface area contributed by atoms with E-state index in [0.717, 1.165) is 17.4 Å². The molecule has 0 aliphatic rings. The van der Waals surface area contributed by atoms with Crippen molar-refractivity contribution in [2.75, 3.05) is 7.11 Å². The van der Waals surface area contributed by atoms with E-state index in [9.17, 15) is 4.79 Å². The Kier molecular flexibility index (Phi) is 3.40. The van der Waals surface area contributed by atoms with E-state index in [2.05, 4.69) is 6.07 Å². The van der Waals surface area contributed by atoms with E-state index >= 15 is 0 Å². The molecule has 0 amide bonds. The van der Waals surface area contributed by atoms with Crippen LogP contribution in [0, 0.1) is 11.3 Å². The highest BCUT2D eigenvalue weighted by Crippen LogP contribution is 2.26. The van der Waals surface area contributed by atoms with Crippen LogP contribution in [0.3, 0.4) is 0 Å². The third kappa shape index (κ3) is 2.38. The number of ether oxygens (including phenoxy) is 1. The van der Waals surface area contributed by atoms with Gasteiger partial charge < -0.3 is 4.74 Å². The van der Waals surface area contributed by atoms with Gasteiger partial charge in [-0.1, -0.05) is 18.2 Å². The van der Waals surface area contributed by atoms with Crippen molar-refractivity contribution in [1.82, 2.24) is 0 Å². The number of benzene rings is 2. The van der Waals surface area contributed by atoms with Crippen LogP contribution in [0.5, 0.6) is 5.75 Å². The number of nitrogens with zero attached hydrogens (tertiary/aromatic N) is 1. The Hall–Kier alpha value is -2.60. The van der Waals surface area contributed by atoms with Crippen LogP contribution < -0.4 is 4.74 Å². The zero-order valence-corrected chi connectivity index (χ0v) is 9.88. The molecule has 0 radical (unpaired) electrons. The fourth-order valence-electron chi connectivity index (χ4n) is 1.74. The largest absolute Gasteiger partial charge is 0.497 e. The molecule has 2 aromatic carbocycles. The molecule has 0 unspecified atom stereocenters. The minimum absolute atomic E-state index is 0.529. The molecule has 0 aromatic heterocycles. The van der Waals surface area contributed by atoms with Gasteiger partial charge in [-0.15, -0.1) is 0 Å². The molecule has 2 aromatic rings. The SMILES string of the molecule is COc1cc(C#N)cc(-c2cccc(C=O)c2)c1. The molecule has 18 heavy (non-hydrogen) atoms. The number of nitriles is 1. The highest BCUT2D eigenvalue weighted by atomic mass is 16.5. The second-order valence-electron chi connectivity index (χ2n) is 3.81. The van der Waals surface area contributed by atoms with Crippen LogP contribution in [0.1, 0.15) is 15.9 Å². The maximum absolute atomic E-state index is 10.8. The lowest BCUT2D eigenvalue weighted by atomic mass is 10.0. The van der Waals surface area contributed by atoms with Crippen molar-refractivity contribution < 1.29 is 9.53 Å². The van der Waals surface area contributed by atoms with Gasteiger partial charge >= 0.3 is 0 Å². The minimum Gasteiger partial charge on any atom is -0.497 e. The van der Waals surface area contributed by atoms with E-state index < -0.39 is 0 Å². The fourth-order valence-corrected chi connectivity index (χ4v) is 1.74. The first-order chi connectivity index (χ1) is 8.76. The molecule has 0 bridgehead atoms. The Morgan fingerprint density at radius 1 is 1.17 bits per heavy atom. The average molecular weight is 237 g/mol. The molecule has 0 saturated heterocycles. The Labute approximate surface area is 105 Å². The highest BCUT2D eigenvalue weighted by Gasteiger charge is 2.04. The molecule has 0 spiro atoms. The zero-order chi connectivity index (χ0) is 13.0. The van der Waals surface area contributed by atoms with Crippen LogP contribution in [-0.2, 0) is 0 Å². The lowest BCUT2D eigenvalue weighted by molar-refractivity contribution is 0.112. The van der Waals surface area contributed by atoms with E-state index in [1.807, 2.05) is 18.2 Å². The summed E-state index contributed by atoms with van der Waals surface area (Å²) in [5, 5.41) is 8.97. The molecule has 0 aliphatic heterocycles. The molecule has 0 fully saturated rings. The number of carbonyl (C=O) groups excluding carboxylic acids is 1. The number of methoxy groups -OCH3 is 1. The van der Waals surface area contributed by atoms with Crippen molar-refractivity contribution in [2.45, 2.75) is 0 Å². The number of aldehydes is 1. The van der Waals surface area contributed by atoms with E-state index in [4.69, 9.17) is 10.00 Å². The summed E-state index contributed by atoms with van der Waals surface area (Å²) in [6.07, 6.45) is 0.800. The molecule has 0 aliphatic carbocycles. The summed E-state index contributed by atoms with van der Waals surface area (Å²) in [6, 6.07) is 14.6. The van der Waals surface area contributed by atoms with Crippen molar-refractivity contribution in [2.24, 2.45) is 0 Å². The Morgan fingerprint density at radius 3 is 2.67 bits per heavy atom. The number of carbonyl (C=O) groups is 1. The molecule has 88 valence electrons. The lowest BCUT2D eigenvalue weighted by Crippen LogP contribution is -1.88. The predicted octanol–water partition coefficient (Wildman–Crippen LogP) is 3.05. The fraction of sp³-hybridized carbons (Fsp3) is 0.0667. The monoisotopic (exact) mass is 237 g/mol. The second-order valence-corrected chi connectivity index (χ2v) is 3.81.